The molecule has 0 spiro atoms. The minimum Gasteiger partial charge on any atom is -0.0773 e. The molecule has 0 saturated heterocycles. The van der Waals surface area contributed by atoms with Crippen LogP contribution in [-0.2, 0) is 0 Å². The molecule has 0 saturated carbocycles. The monoisotopic (exact) mass is 248 g/mol. The molecular weight excluding hydrogens is 216 g/mol. The van der Waals surface area contributed by atoms with Crippen molar-refractivity contribution >= 4 is 0 Å². The van der Waals surface area contributed by atoms with E-state index in [1.54, 1.807) is 11.1 Å². The van der Waals surface area contributed by atoms with Crippen molar-refractivity contribution in [1.29, 1.82) is 0 Å². The molecular formula is C18H32. The zero-order chi connectivity index (χ0) is 14.0. The Morgan fingerprint density at radius 3 is 2.11 bits per heavy atom. The summed E-state index contributed by atoms with van der Waals surface area (Å²) in [4.78, 5) is 0. The van der Waals surface area contributed by atoms with Gasteiger partial charge in [0, 0.05) is 0 Å². The lowest BCUT2D eigenvalue weighted by Crippen LogP contribution is -2.20. The molecule has 0 aliphatic heterocycles. The number of allylic oxidation sites excluding steroid dienone is 4. The standard InChI is InChI=1S/C18H32/c1-8-9-10-14-11-15(17(2,3)4)13-16(12-14)18(5,6)7/h11,13-14H,8-10,12H2,1-7H3. The molecule has 0 aromatic rings. The van der Waals surface area contributed by atoms with E-state index in [9.17, 15) is 0 Å². The summed E-state index contributed by atoms with van der Waals surface area (Å²) in [5.41, 5.74) is 3.77. The number of hydrogen-bond acceptors (Lipinski definition) is 0. The summed E-state index contributed by atoms with van der Waals surface area (Å²) in [6.07, 6.45) is 10.3. The van der Waals surface area contributed by atoms with E-state index in [4.69, 9.17) is 0 Å². The SMILES string of the molecule is CCCCC1C=C(C(C)(C)C)C=C(C(C)(C)C)C1. The molecule has 0 amide bonds. The third-order valence-electron chi connectivity index (χ3n) is 3.98. The Kier molecular flexibility index (Phi) is 4.86. The summed E-state index contributed by atoms with van der Waals surface area (Å²) in [7, 11) is 0. The largest absolute Gasteiger partial charge is 0.0773 e. The van der Waals surface area contributed by atoms with Crippen LogP contribution in [0.3, 0.4) is 0 Å². The van der Waals surface area contributed by atoms with Crippen LogP contribution in [0.1, 0.15) is 74.1 Å². The fourth-order valence-electron chi connectivity index (χ4n) is 2.53. The molecule has 18 heavy (non-hydrogen) atoms. The molecule has 0 aromatic carbocycles. The van der Waals surface area contributed by atoms with E-state index in [0.717, 1.165) is 5.92 Å². The fraction of sp³-hybridized carbons (Fsp3) is 0.778. The van der Waals surface area contributed by atoms with E-state index < -0.39 is 0 Å². The molecule has 0 heterocycles. The second-order valence-electron chi connectivity index (χ2n) is 7.90. The number of rotatable bonds is 3. The maximum absolute atomic E-state index is 2.55. The van der Waals surface area contributed by atoms with Crippen LogP contribution in [0, 0.1) is 16.7 Å². The van der Waals surface area contributed by atoms with Gasteiger partial charge in [-0.15, -0.1) is 0 Å². The summed E-state index contributed by atoms with van der Waals surface area (Å²) < 4.78 is 0. The van der Waals surface area contributed by atoms with Gasteiger partial charge in [-0.2, -0.15) is 0 Å². The Balaban J connectivity index is 2.97. The summed E-state index contributed by atoms with van der Waals surface area (Å²) in [6.45, 7) is 16.3. The van der Waals surface area contributed by atoms with E-state index in [1.807, 2.05) is 0 Å². The summed E-state index contributed by atoms with van der Waals surface area (Å²) in [5, 5.41) is 0. The van der Waals surface area contributed by atoms with E-state index in [1.165, 1.54) is 25.7 Å². The van der Waals surface area contributed by atoms with Crippen LogP contribution in [-0.4, -0.2) is 0 Å². The topological polar surface area (TPSA) is 0 Å². The van der Waals surface area contributed by atoms with Crippen LogP contribution in [0.5, 0.6) is 0 Å². The minimum atomic E-state index is 0.279. The van der Waals surface area contributed by atoms with Crippen molar-refractivity contribution in [2.75, 3.05) is 0 Å². The third kappa shape index (κ3) is 4.30. The van der Waals surface area contributed by atoms with Crippen molar-refractivity contribution in [1.82, 2.24) is 0 Å². The molecule has 0 aromatic heterocycles. The smallest absolute Gasteiger partial charge is 0.0135 e. The van der Waals surface area contributed by atoms with Crippen LogP contribution in [0.15, 0.2) is 23.3 Å². The van der Waals surface area contributed by atoms with Gasteiger partial charge in [0.1, 0.15) is 0 Å². The number of unbranched alkanes of at least 4 members (excludes halogenated alkanes) is 1. The molecule has 0 radical (unpaired) electrons. The molecule has 0 N–H and O–H groups in total. The van der Waals surface area contributed by atoms with Crippen LogP contribution >= 0.6 is 0 Å². The molecule has 1 aliphatic rings. The van der Waals surface area contributed by atoms with E-state index in [2.05, 4.69) is 60.6 Å². The minimum absolute atomic E-state index is 0.279. The van der Waals surface area contributed by atoms with Crippen LogP contribution in [0.2, 0.25) is 0 Å². The average Bonchev–Trinajstić information content (AvgIpc) is 2.23. The number of hydrogen-bond donors (Lipinski definition) is 0. The van der Waals surface area contributed by atoms with Crippen molar-refractivity contribution in [2.24, 2.45) is 16.7 Å². The van der Waals surface area contributed by atoms with Crippen LogP contribution in [0.4, 0.5) is 0 Å². The predicted octanol–water partition coefficient (Wildman–Crippen LogP) is 6.14. The van der Waals surface area contributed by atoms with Crippen molar-refractivity contribution in [3.8, 4) is 0 Å². The highest BCUT2D eigenvalue weighted by Gasteiger charge is 2.27. The van der Waals surface area contributed by atoms with Crippen molar-refractivity contribution in [3.05, 3.63) is 23.3 Å². The first kappa shape index (κ1) is 15.5. The van der Waals surface area contributed by atoms with Gasteiger partial charge < -0.3 is 0 Å². The molecule has 1 aliphatic carbocycles. The molecule has 0 fully saturated rings. The normalized spacial score (nSPS) is 21.6. The van der Waals surface area contributed by atoms with Gasteiger partial charge in [-0.3, -0.25) is 0 Å². The Labute approximate surface area is 115 Å². The zero-order valence-electron chi connectivity index (χ0n) is 13.6. The van der Waals surface area contributed by atoms with Gasteiger partial charge in [-0.25, -0.2) is 0 Å². The van der Waals surface area contributed by atoms with Crippen LogP contribution in [0.25, 0.3) is 0 Å². The predicted molar refractivity (Wildman–Crippen MR) is 82.7 cm³/mol. The quantitative estimate of drug-likeness (QED) is 0.562. The second-order valence-corrected chi connectivity index (χ2v) is 7.90. The lowest BCUT2D eigenvalue weighted by Gasteiger charge is -2.34. The first-order chi connectivity index (χ1) is 8.14. The molecule has 1 atom stereocenters. The van der Waals surface area contributed by atoms with Gasteiger partial charge in [0.25, 0.3) is 0 Å². The molecule has 0 bridgehead atoms. The Bertz CT molecular complexity index is 328. The maximum Gasteiger partial charge on any atom is -0.0135 e. The van der Waals surface area contributed by atoms with Gasteiger partial charge in [0.2, 0.25) is 0 Å². The Morgan fingerprint density at radius 1 is 1.06 bits per heavy atom. The van der Waals surface area contributed by atoms with Crippen molar-refractivity contribution in [2.45, 2.75) is 74.1 Å². The average molecular weight is 248 g/mol. The summed E-state index contributed by atoms with van der Waals surface area (Å²) >= 11 is 0. The maximum atomic E-state index is 2.55. The van der Waals surface area contributed by atoms with E-state index in [-0.39, 0.29) is 5.41 Å². The fourth-order valence-corrected chi connectivity index (χ4v) is 2.53. The Hall–Kier alpha value is -0.520. The molecule has 0 nitrogen and oxygen atoms in total. The highest BCUT2D eigenvalue weighted by Crippen LogP contribution is 2.41. The summed E-state index contributed by atoms with van der Waals surface area (Å²) in [5.74, 6) is 0.762. The van der Waals surface area contributed by atoms with Gasteiger partial charge in [0.15, 0.2) is 0 Å². The van der Waals surface area contributed by atoms with E-state index in [0.29, 0.717) is 5.41 Å². The van der Waals surface area contributed by atoms with Gasteiger partial charge in [0.05, 0.1) is 0 Å². The lowest BCUT2D eigenvalue weighted by atomic mass is 9.71. The highest BCUT2D eigenvalue weighted by atomic mass is 14.3. The summed E-state index contributed by atoms with van der Waals surface area (Å²) in [6, 6.07) is 0. The van der Waals surface area contributed by atoms with Gasteiger partial charge in [-0.1, -0.05) is 79.0 Å². The van der Waals surface area contributed by atoms with Gasteiger partial charge >= 0.3 is 0 Å². The molecule has 104 valence electrons. The molecule has 0 heteroatoms. The Morgan fingerprint density at radius 2 is 1.67 bits per heavy atom. The van der Waals surface area contributed by atoms with Crippen molar-refractivity contribution in [3.63, 3.8) is 0 Å². The first-order valence-electron chi connectivity index (χ1n) is 7.58. The molecule has 1 rings (SSSR count). The van der Waals surface area contributed by atoms with Crippen molar-refractivity contribution < 1.29 is 0 Å². The van der Waals surface area contributed by atoms with Gasteiger partial charge in [-0.05, 0) is 35.2 Å². The lowest BCUT2D eigenvalue weighted by molar-refractivity contribution is 0.419. The second kappa shape index (κ2) is 5.63. The van der Waals surface area contributed by atoms with Crippen LogP contribution < -0.4 is 0 Å². The third-order valence-corrected chi connectivity index (χ3v) is 3.98. The van der Waals surface area contributed by atoms with E-state index >= 15 is 0 Å². The highest BCUT2D eigenvalue weighted by molar-refractivity contribution is 5.35. The first-order valence-corrected chi connectivity index (χ1v) is 7.58. The zero-order valence-corrected chi connectivity index (χ0v) is 13.6. The molecule has 1 unspecified atom stereocenters.